The zero-order valence-corrected chi connectivity index (χ0v) is 10.7. The molecule has 0 saturated heterocycles. The van der Waals surface area contributed by atoms with E-state index in [0.717, 1.165) is 12.4 Å². The van der Waals surface area contributed by atoms with Crippen LogP contribution < -0.4 is 4.74 Å². The molecule has 0 aliphatic carbocycles. The minimum Gasteiger partial charge on any atom is -0.494 e. The Morgan fingerprint density at radius 3 is 2.50 bits per heavy atom. The van der Waals surface area contributed by atoms with Gasteiger partial charge in [-0.1, -0.05) is 51.2 Å². The SMILES string of the molecule is CCCCCCCCOc1cccc(C)c1. The normalized spacial score (nSPS) is 10.4. The Bertz CT molecular complexity index is 281. The molecule has 0 heterocycles. The number of hydrogen-bond acceptors (Lipinski definition) is 1. The average molecular weight is 220 g/mol. The van der Waals surface area contributed by atoms with Crippen molar-refractivity contribution in [2.24, 2.45) is 0 Å². The Morgan fingerprint density at radius 1 is 1.00 bits per heavy atom. The van der Waals surface area contributed by atoms with E-state index < -0.39 is 0 Å². The molecule has 1 nitrogen and oxygen atoms in total. The second-order valence-electron chi connectivity index (χ2n) is 4.43. The molecule has 0 aliphatic rings. The molecule has 0 aliphatic heterocycles. The number of aryl methyl sites for hydroxylation is 1. The van der Waals surface area contributed by atoms with Gasteiger partial charge in [0.1, 0.15) is 5.75 Å². The molecule has 0 saturated carbocycles. The summed E-state index contributed by atoms with van der Waals surface area (Å²) in [6, 6.07) is 8.27. The lowest BCUT2D eigenvalue weighted by molar-refractivity contribution is 0.304. The summed E-state index contributed by atoms with van der Waals surface area (Å²) in [7, 11) is 0. The molecule has 90 valence electrons. The van der Waals surface area contributed by atoms with E-state index in [4.69, 9.17) is 4.74 Å². The fourth-order valence-corrected chi connectivity index (χ4v) is 1.78. The highest BCUT2D eigenvalue weighted by Crippen LogP contribution is 2.13. The molecule has 0 unspecified atom stereocenters. The third kappa shape index (κ3) is 5.79. The molecule has 0 N–H and O–H groups in total. The van der Waals surface area contributed by atoms with Crippen molar-refractivity contribution >= 4 is 0 Å². The Labute approximate surface area is 99.8 Å². The largest absolute Gasteiger partial charge is 0.494 e. The molecule has 0 amide bonds. The fraction of sp³-hybridized carbons (Fsp3) is 0.600. The van der Waals surface area contributed by atoms with Crippen molar-refractivity contribution in [2.75, 3.05) is 6.61 Å². The molecule has 1 rings (SSSR count). The summed E-state index contributed by atoms with van der Waals surface area (Å²) in [5.41, 5.74) is 1.26. The quantitative estimate of drug-likeness (QED) is 0.575. The van der Waals surface area contributed by atoms with Crippen molar-refractivity contribution in [3.05, 3.63) is 29.8 Å². The predicted octanol–water partition coefficient (Wildman–Crippen LogP) is 4.73. The number of unbranched alkanes of at least 4 members (excludes halogenated alkanes) is 5. The van der Waals surface area contributed by atoms with Crippen LogP contribution in [0.5, 0.6) is 5.75 Å². The van der Waals surface area contributed by atoms with Crippen molar-refractivity contribution in [2.45, 2.75) is 52.4 Å². The summed E-state index contributed by atoms with van der Waals surface area (Å²) in [4.78, 5) is 0. The maximum absolute atomic E-state index is 5.69. The Balaban J connectivity index is 2.03. The van der Waals surface area contributed by atoms with Crippen LogP contribution in [0.15, 0.2) is 24.3 Å². The van der Waals surface area contributed by atoms with E-state index >= 15 is 0 Å². The molecule has 0 fully saturated rings. The maximum Gasteiger partial charge on any atom is 0.119 e. The summed E-state index contributed by atoms with van der Waals surface area (Å²) in [6.45, 7) is 5.20. The summed E-state index contributed by atoms with van der Waals surface area (Å²) >= 11 is 0. The molecule has 1 heteroatoms. The van der Waals surface area contributed by atoms with Crippen LogP contribution in [0.1, 0.15) is 51.0 Å². The van der Waals surface area contributed by atoms with Crippen LogP contribution in [-0.4, -0.2) is 6.61 Å². The predicted molar refractivity (Wildman–Crippen MR) is 70.1 cm³/mol. The van der Waals surface area contributed by atoms with Gasteiger partial charge in [0.25, 0.3) is 0 Å². The third-order valence-corrected chi connectivity index (χ3v) is 2.76. The zero-order chi connectivity index (χ0) is 11.6. The van der Waals surface area contributed by atoms with E-state index in [9.17, 15) is 0 Å². The zero-order valence-electron chi connectivity index (χ0n) is 10.7. The third-order valence-electron chi connectivity index (χ3n) is 2.76. The van der Waals surface area contributed by atoms with E-state index in [-0.39, 0.29) is 0 Å². The lowest BCUT2D eigenvalue weighted by Gasteiger charge is -2.06. The first-order chi connectivity index (χ1) is 7.83. The smallest absolute Gasteiger partial charge is 0.119 e. The van der Waals surface area contributed by atoms with Gasteiger partial charge in [-0.15, -0.1) is 0 Å². The Morgan fingerprint density at radius 2 is 1.75 bits per heavy atom. The molecular weight excluding hydrogens is 196 g/mol. The van der Waals surface area contributed by atoms with E-state index in [1.54, 1.807) is 0 Å². The fourth-order valence-electron chi connectivity index (χ4n) is 1.78. The molecule has 0 aromatic heterocycles. The molecule has 0 spiro atoms. The highest BCUT2D eigenvalue weighted by atomic mass is 16.5. The summed E-state index contributed by atoms with van der Waals surface area (Å²) in [6.07, 6.45) is 7.90. The van der Waals surface area contributed by atoms with Crippen molar-refractivity contribution < 1.29 is 4.74 Å². The minimum absolute atomic E-state index is 0.857. The van der Waals surface area contributed by atoms with Gasteiger partial charge in [0.2, 0.25) is 0 Å². The summed E-state index contributed by atoms with van der Waals surface area (Å²) < 4.78 is 5.69. The van der Waals surface area contributed by atoms with Gasteiger partial charge in [0.15, 0.2) is 0 Å². The lowest BCUT2D eigenvalue weighted by Crippen LogP contribution is -1.97. The molecule has 1 aromatic rings. The number of benzene rings is 1. The Kier molecular flexibility index (Phi) is 6.71. The van der Waals surface area contributed by atoms with Gasteiger partial charge in [0, 0.05) is 0 Å². The van der Waals surface area contributed by atoms with Gasteiger partial charge >= 0.3 is 0 Å². The van der Waals surface area contributed by atoms with Crippen LogP contribution in [0.25, 0.3) is 0 Å². The van der Waals surface area contributed by atoms with Crippen LogP contribution >= 0.6 is 0 Å². The molecule has 16 heavy (non-hydrogen) atoms. The maximum atomic E-state index is 5.69. The first-order valence-corrected chi connectivity index (χ1v) is 6.52. The highest BCUT2D eigenvalue weighted by Gasteiger charge is 1.94. The van der Waals surface area contributed by atoms with Crippen LogP contribution in [-0.2, 0) is 0 Å². The van der Waals surface area contributed by atoms with Crippen LogP contribution in [0.3, 0.4) is 0 Å². The molecule has 1 aromatic carbocycles. The second kappa shape index (κ2) is 8.20. The van der Waals surface area contributed by atoms with Gasteiger partial charge in [-0.3, -0.25) is 0 Å². The molecule has 0 bridgehead atoms. The van der Waals surface area contributed by atoms with Crippen LogP contribution in [0, 0.1) is 6.92 Å². The van der Waals surface area contributed by atoms with Crippen molar-refractivity contribution in [3.8, 4) is 5.75 Å². The van der Waals surface area contributed by atoms with Gasteiger partial charge in [-0.25, -0.2) is 0 Å². The van der Waals surface area contributed by atoms with E-state index in [0.29, 0.717) is 0 Å². The van der Waals surface area contributed by atoms with Crippen LogP contribution in [0.4, 0.5) is 0 Å². The summed E-state index contributed by atoms with van der Waals surface area (Å²) in [5.74, 6) is 1.01. The molecule has 0 radical (unpaired) electrons. The Hall–Kier alpha value is -0.980. The second-order valence-corrected chi connectivity index (χ2v) is 4.43. The minimum atomic E-state index is 0.857. The van der Waals surface area contributed by atoms with Gasteiger partial charge in [0.05, 0.1) is 6.61 Å². The first-order valence-electron chi connectivity index (χ1n) is 6.52. The number of hydrogen-bond donors (Lipinski definition) is 0. The van der Waals surface area contributed by atoms with Crippen molar-refractivity contribution in [1.29, 1.82) is 0 Å². The van der Waals surface area contributed by atoms with Crippen LogP contribution in [0.2, 0.25) is 0 Å². The summed E-state index contributed by atoms with van der Waals surface area (Å²) in [5, 5.41) is 0. The van der Waals surface area contributed by atoms with E-state index in [2.05, 4.69) is 26.0 Å². The monoisotopic (exact) mass is 220 g/mol. The first kappa shape index (κ1) is 13.1. The van der Waals surface area contributed by atoms with E-state index in [1.165, 1.54) is 44.1 Å². The lowest BCUT2D eigenvalue weighted by atomic mass is 10.1. The standard InChI is InChI=1S/C15H24O/c1-3-4-5-6-7-8-12-16-15-11-9-10-14(2)13-15/h9-11,13H,3-8,12H2,1-2H3. The topological polar surface area (TPSA) is 9.23 Å². The number of rotatable bonds is 8. The molecule has 0 atom stereocenters. The number of ether oxygens (including phenoxy) is 1. The highest BCUT2D eigenvalue weighted by molar-refractivity contribution is 5.27. The van der Waals surface area contributed by atoms with Gasteiger partial charge in [-0.05, 0) is 31.0 Å². The average Bonchev–Trinajstić information content (AvgIpc) is 2.28. The van der Waals surface area contributed by atoms with Gasteiger partial charge in [-0.2, -0.15) is 0 Å². The molecular formula is C15H24O. The van der Waals surface area contributed by atoms with Crippen molar-refractivity contribution in [1.82, 2.24) is 0 Å². The van der Waals surface area contributed by atoms with Gasteiger partial charge < -0.3 is 4.74 Å². The van der Waals surface area contributed by atoms with Crippen molar-refractivity contribution in [3.63, 3.8) is 0 Å². The van der Waals surface area contributed by atoms with E-state index in [1.807, 2.05) is 12.1 Å².